The number of nitrogens with zero attached hydrogens (tertiary/aromatic N) is 2. The molecular weight excluding hydrogens is 326 g/mol. The number of hydrogen-bond acceptors (Lipinski definition) is 7. The highest BCUT2D eigenvalue weighted by Crippen LogP contribution is 2.19. The average Bonchev–Trinajstić information content (AvgIpc) is 3.16. The molecule has 2 aromatic heterocycles. The molecule has 118 valence electrons. The molecule has 0 aliphatic carbocycles. The van der Waals surface area contributed by atoms with Crippen molar-refractivity contribution in [3.63, 3.8) is 0 Å². The number of carbonyl (C=O) groups excluding carboxylic acids is 1. The van der Waals surface area contributed by atoms with Gasteiger partial charge in [-0.15, -0.1) is 0 Å². The van der Waals surface area contributed by atoms with Crippen molar-refractivity contribution in [2.75, 3.05) is 11.5 Å². The molecule has 1 N–H and O–H groups in total. The van der Waals surface area contributed by atoms with Gasteiger partial charge in [0.1, 0.15) is 0 Å². The molecule has 0 spiro atoms. The fourth-order valence-electron chi connectivity index (χ4n) is 2.29. The zero-order valence-corrected chi connectivity index (χ0v) is 13.3. The summed E-state index contributed by atoms with van der Waals surface area (Å²) >= 11 is 1.54. The Balaban J connectivity index is 1.49. The second-order valence-electron chi connectivity index (χ2n) is 5.19. The van der Waals surface area contributed by atoms with E-state index >= 15 is 0 Å². The molecule has 1 fully saturated rings. The largest absolute Gasteiger partial charge is 0.352 e. The maximum absolute atomic E-state index is 11.8. The van der Waals surface area contributed by atoms with Crippen LogP contribution in [0.2, 0.25) is 0 Å². The van der Waals surface area contributed by atoms with Gasteiger partial charge in [0.25, 0.3) is 0 Å². The van der Waals surface area contributed by atoms with Gasteiger partial charge in [-0.05, 0) is 17.9 Å². The summed E-state index contributed by atoms with van der Waals surface area (Å²) < 4.78 is 27.8. The molecule has 2 aromatic rings. The van der Waals surface area contributed by atoms with E-state index in [1.807, 2.05) is 16.8 Å². The monoisotopic (exact) mass is 341 g/mol. The van der Waals surface area contributed by atoms with E-state index in [9.17, 15) is 13.2 Å². The fraction of sp³-hybridized carbons (Fsp3) is 0.462. The van der Waals surface area contributed by atoms with E-state index in [1.54, 1.807) is 11.3 Å². The fourth-order valence-corrected chi connectivity index (χ4v) is 4.60. The average molecular weight is 341 g/mol. The minimum Gasteiger partial charge on any atom is -0.352 e. The Labute approximate surface area is 131 Å². The van der Waals surface area contributed by atoms with Crippen molar-refractivity contribution < 1.29 is 17.7 Å². The molecule has 3 rings (SSSR count). The normalized spacial score (nSPS) is 20.1. The van der Waals surface area contributed by atoms with Crippen molar-refractivity contribution in [1.29, 1.82) is 0 Å². The molecule has 0 radical (unpaired) electrons. The molecule has 9 heteroatoms. The van der Waals surface area contributed by atoms with E-state index in [2.05, 4.69) is 15.5 Å². The van der Waals surface area contributed by atoms with Crippen molar-refractivity contribution in [3.8, 4) is 11.4 Å². The first-order valence-corrected chi connectivity index (χ1v) is 9.63. The highest BCUT2D eigenvalue weighted by atomic mass is 32.2. The zero-order chi connectivity index (χ0) is 15.6. The molecule has 0 unspecified atom stereocenters. The van der Waals surface area contributed by atoms with Gasteiger partial charge in [-0.1, -0.05) is 5.16 Å². The van der Waals surface area contributed by atoms with E-state index in [0.717, 1.165) is 5.56 Å². The molecule has 0 aromatic carbocycles. The van der Waals surface area contributed by atoms with Gasteiger partial charge in [-0.2, -0.15) is 16.3 Å². The number of nitrogens with one attached hydrogen (secondary N) is 1. The van der Waals surface area contributed by atoms with Crippen LogP contribution < -0.4 is 5.32 Å². The van der Waals surface area contributed by atoms with Gasteiger partial charge >= 0.3 is 0 Å². The summed E-state index contributed by atoms with van der Waals surface area (Å²) in [5.41, 5.74) is 0.889. The van der Waals surface area contributed by atoms with Gasteiger partial charge in [0.15, 0.2) is 9.84 Å². The summed E-state index contributed by atoms with van der Waals surface area (Å²) in [6.07, 6.45) is 1.02. The van der Waals surface area contributed by atoms with Gasteiger partial charge in [0.2, 0.25) is 17.6 Å². The molecule has 22 heavy (non-hydrogen) atoms. The van der Waals surface area contributed by atoms with E-state index in [0.29, 0.717) is 24.6 Å². The molecule has 1 aliphatic rings. The molecular formula is C13H15N3O4S2. The number of aryl methyl sites for hydroxylation is 1. The second kappa shape index (κ2) is 6.17. The minimum atomic E-state index is -2.98. The van der Waals surface area contributed by atoms with Crippen molar-refractivity contribution in [2.45, 2.75) is 25.3 Å². The molecule has 0 saturated carbocycles. The lowest BCUT2D eigenvalue weighted by atomic mass is 10.2. The van der Waals surface area contributed by atoms with Gasteiger partial charge in [-0.25, -0.2) is 8.42 Å². The number of sulfone groups is 1. The van der Waals surface area contributed by atoms with Crippen LogP contribution >= 0.6 is 11.3 Å². The van der Waals surface area contributed by atoms with Crippen LogP contribution in [0.3, 0.4) is 0 Å². The number of hydrogen-bond donors (Lipinski definition) is 1. The first-order valence-electron chi connectivity index (χ1n) is 6.87. The first-order chi connectivity index (χ1) is 10.5. The summed E-state index contributed by atoms with van der Waals surface area (Å²) in [5.74, 6) is 0.888. The van der Waals surface area contributed by atoms with Crippen LogP contribution in [0.15, 0.2) is 21.3 Å². The van der Waals surface area contributed by atoms with Crippen LogP contribution in [0, 0.1) is 0 Å². The topological polar surface area (TPSA) is 102 Å². The predicted octanol–water partition coefficient (Wildman–Crippen LogP) is 1.03. The van der Waals surface area contributed by atoms with Crippen molar-refractivity contribution in [2.24, 2.45) is 0 Å². The van der Waals surface area contributed by atoms with Crippen LogP contribution in [0.1, 0.15) is 18.7 Å². The Morgan fingerprint density at radius 3 is 3.05 bits per heavy atom. The third-order valence-electron chi connectivity index (χ3n) is 3.41. The maximum Gasteiger partial charge on any atom is 0.227 e. The van der Waals surface area contributed by atoms with E-state index in [-0.39, 0.29) is 29.9 Å². The minimum absolute atomic E-state index is 0.0294. The number of aromatic nitrogens is 2. The van der Waals surface area contributed by atoms with E-state index in [1.165, 1.54) is 0 Å². The van der Waals surface area contributed by atoms with Gasteiger partial charge in [0.05, 0.1) is 11.5 Å². The Hall–Kier alpha value is -1.74. The Bertz CT molecular complexity index is 752. The number of amides is 1. The first kappa shape index (κ1) is 15.2. The quantitative estimate of drug-likeness (QED) is 0.871. The summed E-state index contributed by atoms with van der Waals surface area (Å²) in [4.78, 5) is 16.1. The molecule has 0 bridgehead atoms. The van der Waals surface area contributed by atoms with E-state index in [4.69, 9.17) is 4.52 Å². The molecule has 7 nitrogen and oxygen atoms in total. The smallest absolute Gasteiger partial charge is 0.227 e. The number of rotatable bonds is 5. The van der Waals surface area contributed by atoms with Crippen molar-refractivity contribution >= 4 is 27.1 Å². The molecule has 3 heterocycles. The number of carbonyl (C=O) groups is 1. The Morgan fingerprint density at radius 1 is 1.50 bits per heavy atom. The van der Waals surface area contributed by atoms with Crippen LogP contribution in [-0.4, -0.2) is 42.0 Å². The van der Waals surface area contributed by atoms with E-state index < -0.39 is 9.84 Å². The summed E-state index contributed by atoms with van der Waals surface area (Å²) in [7, 11) is -2.98. The Morgan fingerprint density at radius 2 is 2.36 bits per heavy atom. The van der Waals surface area contributed by atoms with Crippen LogP contribution in [0.4, 0.5) is 0 Å². The van der Waals surface area contributed by atoms with Crippen LogP contribution in [0.5, 0.6) is 0 Å². The van der Waals surface area contributed by atoms with Crippen molar-refractivity contribution in [3.05, 3.63) is 22.7 Å². The summed E-state index contributed by atoms with van der Waals surface area (Å²) in [6, 6.07) is 1.62. The highest BCUT2D eigenvalue weighted by molar-refractivity contribution is 7.91. The predicted molar refractivity (Wildman–Crippen MR) is 81.1 cm³/mol. The maximum atomic E-state index is 11.8. The van der Waals surface area contributed by atoms with Gasteiger partial charge in [0, 0.05) is 29.8 Å². The molecule has 1 aliphatic heterocycles. The summed E-state index contributed by atoms with van der Waals surface area (Å²) in [5, 5.41) is 10.4. The third-order valence-corrected chi connectivity index (χ3v) is 5.86. The molecule has 1 amide bonds. The van der Waals surface area contributed by atoms with Gasteiger partial charge < -0.3 is 9.84 Å². The lowest BCUT2D eigenvalue weighted by Gasteiger charge is -2.09. The Kier molecular flexibility index (Phi) is 4.25. The SMILES string of the molecule is O=C(CCc1nc(-c2ccsc2)no1)N[C@@H]1CCS(=O)(=O)C1. The third kappa shape index (κ3) is 3.72. The lowest BCUT2D eigenvalue weighted by molar-refractivity contribution is -0.121. The summed E-state index contributed by atoms with van der Waals surface area (Å²) in [6.45, 7) is 0. The van der Waals surface area contributed by atoms with Crippen LogP contribution in [-0.2, 0) is 21.1 Å². The zero-order valence-electron chi connectivity index (χ0n) is 11.7. The van der Waals surface area contributed by atoms with Gasteiger partial charge in [-0.3, -0.25) is 4.79 Å². The second-order valence-corrected chi connectivity index (χ2v) is 8.20. The van der Waals surface area contributed by atoms with Crippen molar-refractivity contribution in [1.82, 2.24) is 15.5 Å². The lowest BCUT2D eigenvalue weighted by Crippen LogP contribution is -2.35. The highest BCUT2D eigenvalue weighted by Gasteiger charge is 2.28. The standard InChI is InChI=1S/C13H15N3O4S2/c17-11(14-10-4-6-22(18,19)8-10)1-2-12-15-13(16-20-12)9-3-5-21-7-9/h3,5,7,10H,1-2,4,6,8H2,(H,14,17)/t10-/m1/s1. The molecule has 1 atom stereocenters. The van der Waals surface area contributed by atoms with Crippen LogP contribution in [0.25, 0.3) is 11.4 Å². The molecule has 1 saturated heterocycles. The number of thiophene rings is 1.